The Labute approximate surface area is 110 Å². The molecule has 0 bridgehead atoms. The van der Waals surface area contributed by atoms with Crippen LogP contribution < -0.4 is 0 Å². The van der Waals surface area contributed by atoms with E-state index in [9.17, 15) is 5.11 Å². The minimum absolute atomic E-state index is 0.0940. The Morgan fingerprint density at radius 1 is 1.22 bits per heavy atom. The second kappa shape index (κ2) is 4.35. The average Bonchev–Trinajstić information content (AvgIpc) is 2.99. The average molecular weight is 280 g/mol. The molecule has 0 aliphatic rings. The fourth-order valence-corrected chi connectivity index (χ4v) is 2.46. The lowest BCUT2D eigenvalue weighted by Gasteiger charge is -1.94. The molecule has 0 saturated carbocycles. The summed E-state index contributed by atoms with van der Waals surface area (Å²) in [5.41, 5.74) is 0.874. The number of tetrazole rings is 1. The molecule has 1 aromatic carbocycles. The third-order valence-corrected chi connectivity index (χ3v) is 3.61. The molecule has 0 amide bonds. The molecule has 0 aliphatic heterocycles. The van der Waals surface area contributed by atoms with Crippen molar-refractivity contribution in [3.05, 3.63) is 29.3 Å². The van der Waals surface area contributed by atoms with E-state index < -0.39 is 0 Å². The molecule has 2 heterocycles. The lowest BCUT2D eigenvalue weighted by Crippen LogP contribution is -1.76. The predicted molar refractivity (Wildman–Crippen MR) is 67.4 cm³/mol. The molecule has 0 aliphatic carbocycles. The topological polar surface area (TPSA) is 87.6 Å². The number of aromatic amines is 1. The summed E-state index contributed by atoms with van der Waals surface area (Å²) in [5, 5.41) is 24.4. The number of H-pyrrole nitrogens is 1. The van der Waals surface area contributed by atoms with Crippen molar-refractivity contribution >= 4 is 22.9 Å². The van der Waals surface area contributed by atoms with Crippen molar-refractivity contribution in [1.29, 1.82) is 0 Å². The number of aromatic hydroxyl groups is 1. The summed E-state index contributed by atoms with van der Waals surface area (Å²) >= 11 is 7.12. The summed E-state index contributed by atoms with van der Waals surface area (Å²) in [5.74, 6) is 0.300. The molecule has 18 heavy (non-hydrogen) atoms. The van der Waals surface area contributed by atoms with Crippen LogP contribution in [0, 0.1) is 0 Å². The molecule has 2 N–H and O–H groups in total. The molecule has 0 saturated heterocycles. The lowest BCUT2D eigenvalue weighted by atomic mass is 10.2. The van der Waals surface area contributed by atoms with Crippen molar-refractivity contribution in [3.8, 4) is 27.2 Å². The van der Waals surface area contributed by atoms with E-state index in [4.69, 9.17) is 11.6 Å². The highest BCUT2D eigenvalue weighted by Gasteiger charge is 2.16. The van der Waals surface area contributed by atoms with Crippen LogP contribution in [0.25, 0.3) is 21.3 Å². The standard InChI is InChI=1S/C10H6ClN5OS/c11-6-3-1-5(2-4-6)10-12-9(17)7(18-10)8-13-15-16-14-8/h1-4,17H,(H,13,14,15,16). The maximum absolute atomic E-state index is 9.78. The number of nitrogens with one attached hydrogen (secondary N) is 1. The molecule has 0 spiro atoms. The fourth-order valence-electron chi connectivity index (χ4n) is 1.44. The van der Waals surface area contributed by atoms with Crippen LogP contribution in [-0.4, -0.2) is 30.7 Å². The van der Waals surface area contributed by atoms with Gasteiger partial charge >= 0.3 is 0 Å². The number of nitrogens with zero attached hydrogens (tertiary/aromatic N) is 4. The maximum Gasteiger partial charge on any atom is 0.234 e. The highest BCUT2D eigenvalue weighted by atomic mass is 35.5. The van der Waals surface area contributed by atoms with Gasteiger partial charge in [-0.1, -0.05) is 23.7 Å². The third kappa shape index (κ3) is 1.93. The van der Waals surface area contributed by atoms with Crippen LogP contribution in [0.5, 0.6) is 5.88 Å². The molecule has 8 heteroatoms. The van der Waals surface area contributed by atoms with E-state index in [1.54, 1.807) is 12.1 Å². The normalized spacial score (nSPS) is 10.7. The van der Waals surface area contributed by atoms with E-state index >= 15 is 0 Å². The molecule has 0 radical (unpaired) electrons. The van der Waals surface area contributed by atoms with E-state index in [1.807, 2.05) is 12.1 Å². The van der Waals surface area contributed by atoms with Crippen LogP contribution in [0.2, 0.25) is 5.02 Å². The number of thiazole rings is 1. The molecule has 3 rings (SSSR count). The van der Waals surface area contributed by atoms with Crippen molar-refractivity contribution in [2.24, 2.45) is 0 Å². The first-order valence-corrected chi connectivity index (χ1v) is 6.13. The zero-order valence-electron chi connectivity index (χ0n) is 8.83. The SMILES string of the molecule is Oc1nc(-c2ccc(Cl)cc2)sc1-c1nnn[nH]1. The highest BCUT2D eigenvalue weighted by Crippen LogP contribution is 2.37. The molecule has 0 fully saturated rings. The molecular formula is C10H6ClN5OS. The van der Waals surface area contributed by atoms with Gasteiger partial charge in [0.05, 0.1) is 0 Å². The maximum atomic E-state index is 9.78. The fraction of sp³-hybridized carbons (Fsp3) is 0. The molecule has 0 atom stereocenters. The molecular weight excluding hydrogens is 274 g/mol. The first-order chi connectivity index (χ1) is 8.74. The third-order valence-electron chi connectivity index (χ3n) is 2.26. The number of aromatic nitrogens is 5. The summed E-state index contributed by atoms with van der Waals surface area (Å²) in [6.07, 6.45) is 0. The minimum Gasteiger partial charge on any atom is -0.492 e. The van der Waals surface area contributed by atoms with Gasteiger partial charge in [-0.05, 0) is 22.6 Å². The summed E-state index contributed by atoms with van der Waals surface area (Å²) in [4.78, 5) is 4.59. The van der Waals surface area contributed by atoms with Gasteiger partial charge in [0.25, 0.3) is 0 Å². The van der Waals surface area contributed by atoms with E-state index in [-0.39, 0.29) is 5.88 Å². The van der Waals surface area contributed by atoms with Gasteiger partial charge in [0.15, 0.2) is 5.82 Å². The first-order valence-electron chi connectivity index (χ1n) is 4.94. The number of halogens is 1. The minimum atomic E-state index is -0.0940. The zero-order valence-corrected chi connectivity index (χ0v) is 10.4. The number of benzene rings is 1. The monoisotopic (exact) mass is 279 g/mol. The van der Waals surface area contributed by atoms with Crippen molar-refractivity contribution in [2.75, 3.05) is 0 Å². The summed E-state index contributed by atoms with van der Waals surface area (Å²) in [6, 6.07) is 7.21. The van der Waals surface area contributed by atoms with Gasteiger partial charge in [0.2, 0.25) is 5.88 Å². The second-order valence-corrected chi connectivity index (χ2v) is 4.86. The van der Waals surface area contributed by atoms with Crippen LogP contribution in [0.4, 0.5) is 0 Å². The molecule has 2 aromatic heterocycles. The van der Waals surface area contributed by atoms with Gasteiger partial charge < -0.3 is 5.11 Å². The van der Waals surface area contributed by atoms with Gasteiger partial charge in [-0.15, -0.1) is 16.4 Å². The Kier molecular flexibility index (Phi) is 2.69. The number of hydrogen-bond donors (Lipinski definition) is 2. The van der Waals surface area contributed by atoms with Crippen LogP contribution in [0.3, 0.4) is 0 Å². The van der Waals surface area contributed by atoms with Crippen LogP contribution in [-0.2, 0) is 0 Å². The van der Waals surface area contributed by atoms with Gasteiger partial charge in [-0.25, -0.2) is 10.1 Å². The lowest BCUT2D eigenvalue weighted by molar-refractivity contribution is 0.459. The Morgan fingerprint density at radius 2 is 2.00 bits per heavy atom. The van der Waals surface area contributed by atoms with Crippen molar-refractivity contribution in [2.45, 2.75) is 0 Å². The largest absolute Gasteiger partial charge is 0.492 e. The molecule has 6 nitrogen and oxygen atoms in total. The number of hydrogen-bond acceptors (Lipinski definition) is 6. The van der Waals surface area contributed by atoms with Crippen molar-refractivity contribution in [3.63, 3.8) is 0 Å². The zero-order chi connectivity index (χ0) is 12.5. The van der Waals surface area contributed by atoms with Crippen LogP contribution in [0.15, 0.2) is 24.3 Å². The van der Waals surface area contributed by atoms with Crippen LogP contribution in [0.1, 0.15) is 0 Å². The quantitative estimate of drug-likeness (QED) is 0.752. The predicted octanol–water partition coefficient (Wildman–Crippen LogP) is 2.35. The summed E-state index contributed by atoms with van der Waals surface area (Å²) < 4.78 is 0. The molecule has 3 aromatic rings. The Bertz CT molecular complexity index is 664. The van der Waals surface area contributed by atoms with E-state index in [0.717, 1.165) is 5.56 Å². The van der Waals surface area contributed by atoms with Gasteiger partial charge in [0.1, 0.15) is 9.88 Å². The molecule has 0 unspecified atom stereocenters. The van der Waals surface area contributed by atoms with E-state index in [0.29, 0.717) is 20.7 Å². The first kappa shape index (κ1) is 11.1. The highest BCUT2D eigenvalue weighted by molar-refractivity contribution is 7.18. The Hall–Kier alpha value is -1.99. The summed E-state index contributed by atoms with van der Waals surface area (Å²) in [6.45, 7) is 0. The second-order valence-electron chi connectivity index (χ2n) is 3.43. The Morgan fingerprint density at radius 3 is 2.67 bits per heavy atom. The van der Waals surface area contributed by atoms with Crippen LogP contribution >= 0.6 is 22.9 Å². The Balaban J connectivity index is 2.05. The smallest absolute Gasteiger partial charge is 0.234 e. The summed E-state index contributed by atoms with van der Waals surface area (Å²) in [7, 11) is 0. The van der Waals surface area contributed by atoms with E-state index in [2.05, 4.69) is 25.6 Å². The van der Waals surface area contributed by atoms with E-state index in [1.165, 1.54) is 11.3 Å². The van der Waals surface area contributed by atoms with Gasteiger partial charge in [-0.2, -0.15) is 0 Å². The molecule has 90 valence electrons. The number of rotatable bonds is 2. The van der Waals surface area contributed by atoms with Crippen molar-refractivity contribution in [1.82, 2.24) is 25.6 Å². The van der Waals surface area contributed by atoms with Gasteiger partial charge in [-0.3, -0.25) is 0 Å². The van der Waals surface area contributed by atoms with Gasteiger partial charge in [0, 0.05) is 10.6 Å². The van der Waals surface area contributed by atoms with Crippen molar-refractivity contribution < 1.29 is 5.11 Å².